The maximum Gasteiger partial charge on any atom is 0.240 e. The lowest BCUT2D eigenvalue weighted by Crippen LogP contribution is -2.28. The van der Waals surface area contributed by atoms with E-state index in [1.165, 1.54) is 18.4 Å². The predicted molar refractivity (Wildman–Crippen MR) is 83.1 cm³/mol. The lowest BCUT2D eigenvalue weighted by atomic mass is 10.2. The van der Waals surface area contributed by atoms with Crippen molar-refractivity contribution in [2.45, 2.75) is 31.8 Å². The van der Waals surface area contributed by atoms with E-state index in [-0.39, 0.29) is 12.4 Å². The number of halogens is 1. The van der Waals surface area contributed by atoms with Gasteiger partial charge in [0.05, 0.1) is 6.54 Å². The Balaban J connectivity index is 0.00000161. The minimum absolute atomic E-state index is 0. The first-order valence-electron chi connectivity index (χ1n) is 7.14. The predicted octanol–water partition coefficient (Wildman–Crippen LogP) is 2.33. The van der Waals surface area contributed by atoms with Gasteiger partial charge in [-0.1, -0.05) is 35.5 Å². The maximum absolute atomic E-state index is 5.69. The van der Waals surface area contributed by atoms with Gasteiger partial charge in [0.15, 0.2) is 5.82 Å². The van der Waals surface area contributed by atoms with Crippen LogP contribution in [0.1, 0.15) is 36.0 Å². The summed E-state index contributed by atoms with van der Waals surface area (Å²) >= 11 is 0. The SMILES string of the molecule is Cl.NCCN(Cc1ccccc1)Cc1nc(C2CC2)no1. The van der Waals surface area contributed by atoms with Gasteiger partial charge >= 0.3 is 0 Å². The summed E-state index contributed by atoms with van der Waals surface area (Å²) in [5.41, 5.74) is 6.96. The van der Waals surface area contributed by atoms with E-state index in [2.05, 4.69) is 27.2 Å². The molecule has 2 N–H and O–H groups in total. The van der Waals surface area contributed by atoms with Crippen molar-refractivity contribution in [3.63, 3.8) is 0 Å². The topological polar surface area (TPSA) is 68.2 Å². The highest BCUT2D eigenvalue weighted by molar-refractivity contribution is 5.85. The van der Waals surface area contributed by atoms with Crippen LogP contribution in [0.25, 0.3) is 0 Å². The molecular formula is C15H21ClN4O. The molecule has 1 aliphatic carbocycles. The zero-order chi connectivity index (χ0) is 13.8. The Morgan fingerprint density at radius 1 is 1.19 bits per heavy atom. The van der Waals surface area contributed by atoms with Crippen molar-refractivity contribution in [3.05, 3.63) is 47.6 Å². The summed E-state index contributed by atoms with van der Waals surface area (Å²) in [5.74, 6) is 2.09. The molecule has 114 valence electrons. The van der Waals surface area contributed by atoms with E-state index >= 15 is 0 Å². The molecule has 0 aliphatic heterocycles. The molecule has 0 saturated heterocycles. The molecular weight excluding hydrogens is 288 g/mol. The van der Waals surface area contributed by atoms with Crippen molar-refractivity contribution < 1.29 is 4.52 Å². The van der Waals surface area contributed by atoms with Crippen molar-refractivity contribution >= 4 is 12.4 Å². The molecule has 5 nitrogen and oxygen atoms in total. The van der Waals surface area contributed by atoms with Crippen LogP contribution in [0.5, 0.6) is 0 Å². The average molecular weight is 309 g/mol. The van der Waals surface area contributed by atoms with E-state index in [4.69, 9.17) is 10.3 Å². The molecule has 1 heterocycles. The Kier molecular flexibility index (Phi) is 5.73. The molecule has 0 amide bonds. The smallest absolute Gasteiger partial charge is 0.240 e. The second-order valence-electron chi connectivity index (χ2n) is 5.31. The second kappa shape index (κ2) is 7.54. The molecule has 0 atom stereocenters. The molecule has 6 heteroatoms. The van der Waals surface area contributed by atoms with Gasteiger partial charge in [0.25, 0.3) is 0 Å². The van der Waals surface area contributed by atoms with Crippen LogP contribution in [-0.4, -0.2) is 28.1 Å². The summed E-state index contributed by atoms with van der Waals surface area (Å²) in [7, 11) is 0. The fourth-order valence-electron chi connectivity index (χ4n) is 2.27. The van der Waals surface area contributed by atoms with Crippen molar-refractivity contribution in [1.29, 1.82) is 0 Å². The summed E-state index contributed by atoms with van der Waals surface area (Å²) in [4.78, 5) is 6.71. The van der Waals surface area contributed by atoms with E-state index in [1.807, 2.05) is 18.2 Å². The number of hydrogen-bond acceptors (Lipinski definition) is 5. The molecule has 1 aromatic carbocycles. The van der Waals surface area contributed by atoms with Crippen molar-refractivity contribution in [1.82, 2.24) is 15.0 Å². The van der Waals surface area contributed by atoms with Gasteiger partial charge in [-0.2, -0.15) is 4.98 Å². The summed E-state index contributed by atoms with van der Waals surface area (Å²) in [6, 6.07) is 10.4. The van der Waals surface area contributed by atoms with Gasteiger partial charge in [0, 0.05) is 25.6 Å². The van der Waals surface area contributed by atoms with Crippen molar-refractivity contribution in [2.24, 2.45) is 5.73 Å². The molecule has 1 saturated carbocycles. The van der Waals surface area contributed by atoms with Crippen LogP contribution in [0, 0.1) is 0 Å². The van der Waals surface area contributed by atoms with Gasteiger partial charge in [-0.25, -0.2) is 0 Å². The van der Waals surface area contributed by atoms with Gasteiger partial charge in [-0.15, -0.1) is 12.4 Å². The number of aromatic nitrogens is 2. The first-order chi connectivity index (χ1) is 9.85. The monoisotopic (exact) mass is 308 g/mol. The molecule has 3 rings (SSSR count). The number of rotatable bonds is 7. The zero-order valence-corrected chi connectivity index (χ0v) is 12.8. The fraction of sp³-hybridized carbons (Fsp3) is 0.467. The van der Waals surface area contributed by atoms with E-state index in [0.29, 0.717) is 24.9 Å². The Morgan fingerprint density at radius 2 is 1.95 bits per heavy atom. The standard InChI is InChI=1S/C15H20N4O.ClH/c16-8-9-19(10-12-4-2-1-3-5-12)11-14-17-15(18-20-14)13-6-7-13;/h1-5,13H,6-11,16H2;1H. The molecule has 0 bridgehead atoms. The Labute approximate surface area is 130 Å². The highest BCUT2D eigenvalue weighted by atomic mass is 35.5. The first-order valence-corrected chi connectivity index (χ1v) is 7.14. The summed E-state index contributed by atoms with van der Waals surface area (Å²) in [6.07, 6.45) is 2.38. The summed E-state index contributed by atoms with van der Waals surface area (Å²) < 4.78 is 5.34. The van der Waals surface area contributed by atoms with Gasteiger partial charge < -0.3 is 10.3 Å². The Hall–Kier alpha value is -1.43. The zero-order valence-electron chi connectivity index (χ0n) is 11.9. The van der Waals surface area contributed by atoms with E-state index in [1.54, 1.807) is 0 Å². The van der Waals surface area contributed by atoms with Gasteiger partial charge in [0.2, 0.25) is 5.89 Å². The molecule has 1 fully saturated rings. The minimum atomic E-state index is 0. The lowest BCUT2D eigenvalue weighted by Gasteiger charge is -2.19. The first kappa shape index (κ1) is 15.9. The number of nitrogens with zero attached hydrogens (tertiary/aromatic N) is 3. The maximum atomic E-state index is 5.69. The van der Waals surface area contributed by atoms with Crippen LogP contribution < -0.4 is 5.73 Å². The molecule has 0 unspecified atom stereocenters. The lowest BCUT2D eigenvalue weighted by molar-refractivity contribution is 0.224. The fourth-order valence-corrected chi connectivity index (χ4v) is 2.27. The molecule has 1 aliphatic rings. The van der Waals surface area contributed by atoms with E-state index in [0.717, 1.165) is 18.9 Å². The molecule has 2 aromatic rings. The minimum Gasteiger partial charge on any atom is -0.338 e. The Morgan fingerprint density at radius 3 is 2.62 bits per heavy atom. The van der Waals surface area contributed by atoms with Crippen LogP contribution in [0.4, 0.5) is 0 Å². The quantitative estimate of drug-likeness (QED) is 0.850. The highest BCUT2D eigenvalue weighted by Gasteiger charge is 2.28. The normalized spacial score (nSPS) is 14.2. The third kappa shape index (κ3) is 4.52. The molecule has 0 spiro atoms. The van der Waals surface area contributed by atoms with Crippen LogP contribution in [0.15, 0.2) is 34.9 Å². The third-order valence-electron chi connectivity index (χ3n) is 3.48. The van der Waals surface area contributed by atoms with Gasteiger partial charge in [0.1, 0.15) is 0 Å². The van der Waals surface area contributed by atoms with Crippen LogP contribution in [0.2, 0.25) is 0 Å². The van der Waals surface area contributed by atoms with E-state index < -0.39 is 0 Å². The third-order valence-corrected chi connectivity index (χ3v) is 3.48. The van der Waals surface area contributed by atoms with Gasteiger partial charge in [-0.3, -0.25) is 4.90 Å². The number of nitrogens with two attached hydrogens (primary N) is 1. The number of hydrogen-bond donors (Lipinski definition) is 1. The largest absolute Gasteiger partial charge is 0.338 e. The number of benzene rings is 1. The Bertz CT molecular complexity index is 542. The molecule has 0 radical (unpaired) electrons. The molecule has 21 heavy (non-hydrogen) atoms. The van der Waals surface area contributed by atoms with E-state index in [9.17, 15) is 0 Å². The van der Waals surface area contributed by atoms with Crippen LogP contribution in [-0.2, 0) is 13.1 Å². The van der Waals surface area contributed by atoms with Crippen LogP contribution in [0.3, 0.4) is 0 Å². The summed E-state index contributed by atoms with van der Waals surface area (Å²) in [5, 5.41) is 4.05. The van der Waals surface area contributed by atoms with Gasteiger partial charge in [-0.05, 0) is 18.4 Å². The molecule has 1 aromatic heterocycles. The van der Waals surface area contributed by atoms with Crippen molar-refractivity contribution in [2.75, 3.05) is 13.1 Å². The average Bonchev–Trinajstić information content (AvgIpc) is 3.21. The highest BCUT2D eigenvalue weighted by Crippen LogP contribution is 2.38. The van der Waals surface area contributed by atoms with Crippen molar-refractivity contribution in [3.8, 4) is 0 Å². The second-order valence-corrected chi connectivity index (χ2v) is 5.31. The summed E-state index contributed by atoms with van der Waals surface area (Å²) in [6.45, 7) is 2.94. The van der Waals surface area contributed by atoms with Crippen LogP contribution >= 0.6 is 12.4 Å².